The number of carbonyl (C=O) groups is 1. The number of alkyl halides is 3. The largest absolute Gasteiger partial charge is 0.497 e. The van der Waals surface area contributed by atoms with E-state index in [1.54, 1.807) is 12.0 Å². The summed E-state index contributed by atoms with van der Waals surface area (Å²) in [7, 11) is 1.58. The van der Waals surface area contributed by atoms with Crippen LogP contribution in [0.25, 0.3) is 0 Å². The minimum atomic E-state index is -4.45. The lowest BCUT2D eigenvalue weighted by Gasteiger charge is -2.23. The van der Waals surface area contributed by atoms with Crippen molar-refractivity contribution >= 4 is 5.91 Å². The van der Waals surface area contributed by atoms with Gasteiger partial charge in [-0.1, -0.05) is 18.2 Å². The molecule has 0 heterocycles. The third-order valence-corrected chi connectivity index (χ3v) is 4.34. The number of hydrogen-bond acceptors (Lipinski definition) is 3. The minimum absolute atomic E-state index is 0.0263. The normalized spacial score (nSPS) is 13.9. The van der Waals surface area contributed by atoms with Crippen LogP contribution in [0.5, 0.6) is 11.5 Å². The predicted molar refractivity (Wildman–Crippen MR) is 93.5 cm³/mol. The van der Waals surface area contributed by atoms with Gasteiger partial charge >= 0.3 is 6.18 Å². The smallest absolute Gasteiger partial charge is 0.416 e. The van der Waals surface area contributed by atoms with Crippen LogP contribution in [-0.4, -0.2) is 30.6 Å². The maximum Gasteiger partial charge on any atom is 0.416 e. The number of ether oxygens (including phenoxy) is 2. The van der Waals surface area contributed by atoms with Gasteiger partial charge in [-0.2, -0.15) is 13.2 Å². The van der Waals surface area contributed by atoms with Crippen LogP contribution in [-0.2, 0) is 17.5 Å². The second kappa shape index (κ2) is 7.90. The Hall–Kier alpha value is -2.70. The Labute approximate surface area is 155 Å². The number of methoxy groups -OCH3 is 1. The van der Waals surface area contributed by atoms with Crippen LogP contribution >= 0.6 is 0 Å². The summed E-state index contributed by atoms with van der Waals surface area (Å²) in [6.07, 6.45) is -2.60. The summed E-state index contributed by atoms with van der Waals surface area (Å²) in [5, 5.41) is 0. The van der Waals surface area contributed by atoms with Crippen molar-refractivity contribution in [3.8, 4) is 11.5 Å². The lowest BCUT2D eigenvalue weighted by atomic mass is 10.2. The highest BCUT2D eigenvalue weighted by Gasteiger charge is 2.33. The molecule has 0 spiro atoms. The molecule has 0 atom stereocenters. The fourth-order valence-electron chi connectivity index (χ4n) is 2.72. The lowest BCUT2D eigenvalue weighted by Crippen LogP contribution is -2.36. The molecule has 0 aliphatic heterocycles. The maximum absolute atomic E-state index is 12.8. The van der Waals surface area contributed by atoms with Crippen LogP contribution in [0.3, 0.4) is 0 Å². The van der Waals surface area contributed by atoms with Gasteiger partial charge in [0.25, 0.3) is 5.91 Å². The molecule has 4 nitrogen and oxygen atoms in total. The van der Waals surface area contributed by atoms with Crippen molar-refractivity contribution in [3.63, 3.8) is 0 Å². The number of benzene rings is 2. The number of hydrogen-bond donors (Lipinski definition) is 0. The molecule has 0 unspecified atom stereocenters. The first-order chi connectivity index (χ1) is 12.9. The summed E-state index contributed by atoms with van der Waals surface area (Å²) in [5.41, 5.74) is 0.153. The first kappa shape index (κ1) is 19.1. The molecule has 0 N–H and O–H groups in total. The molecular formula is C20H20F3NO3. The Morgan fingerprint density at radius 2 is 1.81 bits per heavy atom. The number of rotatable bonds is 7. The van der Waals surface area contributed by atoms with Gasteiger partial charge < -0.3 is 14.4 Å². The Balaban J connectivity index is 1.62. The summed E-state index contributed by atoms with van der Waals surface area (Å²) in [5.74, 6) is 0.514. The molecule has 1 fully saturated rings. The number of carbonyl (C=O) groups excluding carboxylic acids is 1. The van der Waals surface area contributed by atoms with E-state index < -0.39 is 11.7 Å². The fraction of sp³-hybridized carbons (Fsp3) is 0.350. The van der Waals surface area contributed by atoms with Gasteiger partial charge in [0.2, 0.25) is 0 Å². The molecule has 2 aromatic rings. The van der Waals surface area contributed by atoms with E-state index in [2.05, 4.69) is 0 Å². The van der Waals surface area contributed by atoms with Gasteiger partial charge in [-0.05, 0) is 48.7 Å². The first-order valence-corrected chi connectivity index (χ1v) is 8.59. The van der Waals surface area contributed by atoms with E-state index in [4.69, 9.17) is 9.47 Å². The Morgan fingerprint density at radius 3 is 2.41 bits per heavy atom. The molecule has 0 bridgehead atoms. The molecule has 3 rings (SSSR count). The Morgan fingerprint density at radius 1 is 1.11 bits per heavy atom. The number of halogens is 3. The van der Waals surface area contributed by atoms with Gasteiger partial charge in [-0.3, -0.25) is 4.79 Å². The van der Waals surface area contributed by atoms with Gasteiger partial charge in [0.1, 0.15) is 11.5 Å². The zero-order valence-corrected chi connectivity index (χ0v) is 14.8. The van der Waals surface area contributed by atoms with Crippen molar-refractivity contribution in [2.45, 2.75) is 31.6 Å². The van der Waals surface area contributed by atoms with Crippen molar-refractivity contribution in [2.24, 2.45) is 0 Å². The van der Waals surface area contributed by atoms with Crippen molar-refractivity contribution in [1.29, 1.82) is 0 Å². The van der Waals surface area contributed by atoms with Crippen LogP contribution in [0.2, 0.25) is 0 Å². The molecule has 0 saturated heterocycles. The summed E-state index contributed by atoms with van der Waals surface area (Å²) < 4.78 is 48.7. The van der Waals surface area contributed by atoms with E-state index in [0.29, 0.717) is 6.54 Å². The van der Waals surface area contributed by atoms with E-state index in [0.717, 1.165) is 36.3 Å². The fourth-order valence-corrected chi connectivity index (χ4v) is 2.72. The van der Waals surface area contributed by atoms with Crippen LogP contribution in [0.4, 0.5) is 13.2 Å². The summed E-state index contributed by atoms with van der Waals surface area (Å²) in [6.45, 7) is 0.132. The SMILES string of the molecule is COc1ccc(CN(C(=O)COc2cccc(C(F)(F)F)c2)C2CC2)cc1. The lowest BCUT2D eigenvalue weighted by molar-refractivity contribution is -0.137. The average molecular weight is 379 g/mol. The summed E-state index contributed by atoms with van der Waals surface area (Å²) >= 11 is 0. The molecule has 27 heavy (non-hydrogen) atoms. The monoisotopic (exact) mass is 379 g/mol. The highest BCUT2D eigenvalue weighted by Crippen LogP contribution is 2.32. The van der Waals surface area contributed by atoms with Crippen molar-refractivity contribution in [3.05, 3.63) is 59.7 Å². The van der Waals surface area contributed by atoms with Gasteiger partial charge in [0.15, 0.2) is 6.61 Å². The van der Waals surface area contributed by atoms with Crippen molar-refractivity contribution < 1.29 is 27.4 Å². The van der Waals surface area contributed by atoms with Crippen LogP contribution in [0, 0.1) is 0 Å². The maximum atomic E-state index is 12.8. The number of amides is 1. The molecule has 2 aromatic carbocycles. The minimum Gasteiger partial charge on any atom is -0.497 e. The third kappa shape index (κ3) is 5.15. The Kier molecular flexibility index (Phi) is 5.58. The van der Waals surface area contributed by atoms with Gasteiger partial charge in [-0.25, -0.2) is 0 Å². The van der Waals surface area contributed by atoms with Crippen LogP contribution in [0.15, 0.2) is 48.5 Å². The third-order valence-electron chi connectivity index (χ3n) is 4.34. The standard InChI is InChI=1S/C20H20F3NO3/c1-26-17-9-5-14(6-10-17)12-24(16-7-8-16)19(25)13-27-18-4-2-3-15(11-18)20(21,22)23/h2-6,9-11,16H,7-8,12-13H2,1H3. The molecule has 1 saturated carbocycles. The van der Waals surface area contributed by atoms with Crippen molar-refractivity contribution in [1.82, 2.24) is 4.90 Å². The topological polar surface area (TPSA) is 38.8 Å². The first-order valence-electron chi connectivity index (χ1n) is 8.59. The van der Waals surface area contributed by atoms with Crippen LogP contribution < -0.4 is 9.47 Å². The molecule has 7 heteroatoms. The van der Waals surface area contributed by atoms with E-state index in [-0.39, 0.29) is 24.3 Å². The molecular weight excluding hydrogens is 359 g/mol. The molecule has 1 aliphatic rings. The molecule has 144 valence electrons. The number of nitrogens with zero attached hydrogens (tertiary/aromatic N) is 1. The molecule has 0 radical (unpaired) electrons. The van der Waals surface area contributed by atoms with E-state index in [1.165, 1.54) is 12.1 Å². The highest BCUT2D eigenvalue weighted by atomic mass is 19.4. The van der Waals surface area contributed by atoms with Gasteiger partial charge in [0.05, 0.1) is 12.7 Å². The summed E-state index contributed by atoms with van der Waals surface area (Å²) in [4.78, 5) is 14.3. The van der Waals surface area contributed by atoms with Crippen LogP contribution in [0.1, 0.15) is 24.0 Å². The molecule has 1 aliphatic carbocycles. The molecule has 1 amide bonds. The zero-order chi connectivity index (χ0) is 19.4. The van der Waals surface area contributed by atoms with Gasteiger partial charge in [0, 0.05) is 12.6 Å². The average Bonchev–Trinajstić information content (AvgIpc) is 3.49. The van der Waals surface area contributed by atoms with E-state index >= 15 is 0 Å². The zero-order valence-electron chi connectivity index (χ0n) is 14.8. The van der Waals surface area contributed by atoms with E-state index in [1.807, 2.05) is 24.3 Å². The summed E-state index contributed by atoms with van der Waals surface area (Å²) in [6, 6.07) is 12.1. The Bertz CT molecular complexity index is 786. The quantitative estimate of drug-likeness (QED) is 0.721. The predicted octanol–water partition coefficient (Wildman–Crippen LogP) is 4.28. The second-order valence-electron chi connectivity index (χ2n) is 6.42. The van der Waals surface area contributed by atoms with E-state index in [9.17, 15) is 18.0 Å². The second-order valence-corrected chi connectivity index (χ2v) is 6.42. The van der Waals surface area contributed by atoms with Gasteiger partial charge in [-0.15, -0.1) is 0 Å². The molecule has 0 aromatic heterocycles. The highest BCUT2D eigenvalue weighted by molar-refractivity contribution is 5.78. The van der Waals surface area contributed by atoms with Crippen molar-refractivity contribution in [2.75, 3.05) is 13.7 Å².